The molecule has 0 unspecified atom stereocenters. The Kier molecular flexibility index (Phi) is 2.52. The standard InChI is InChI=1S/C13H14N2O/c1-9-3-6-11(7-4-9)15-10(2)5-8-12(14)13(15)16/h3-8H,14H2,1-2H3. The minimum Gasteiger partial charge on any atom is -0.394 e. The molecule has 16 heavy (non-hydrogen) atoms. The van der Waals surface area contributed by atoms with E-state index in [2.05, 4.69) is 0 Å². The van der Waals surface area contributed by atoms with E-state index in [-0.39, 0.29) is 11.2 Å². The van der Waals surface area contributed by atoms with Gasteiger partial charge >= 0.3 is 0 Å². The number of anilines is 1. The first-order valence-corrected chi connectivity index (χ1v) is 5.15. The molecule has 3 heteroatoms. The van der Waals surface area contributed by atoms with Crippen LogP contribution in [0, 0.1) is 13.8 Å². The van der Waals surface area contributed by atoms with Gasteiger partial charge < -0.3 is 5.73 Å². The number of pyridine rings is 1. The highest BCUT2D eigenvalue weighted by molar-refractivity contribution is 5.43. The van der Waals surface area contributed by atoms with Gasteiger partial charge in [0.25, 0.3) is 5.56 Å². The summed E-state index contributed by atoms with van der Waals surface area (Å²) in [5, 5.41) is 0. The number of rotatable bonds is 1. The summed E-state index contributed by atoms with van der Waals surface area (Å²) in [6, 6.07) is 11.3. The zero-order chi connectivity index (χ0) is 11.7. The van der Waals surface area contributed by atoms with E-state index in [0.29, 0.717) is 0 Å². The number of hydrogen-bond donors (Lipinski definition) is 1. The Balaban J connectivity index is 2.69. The van der Waals surface area contributed by atoms with Crippen LogP contribution in [-0.4, -0.2) is 4.57 Å². The summed E-state index contributed by atoms with van der Waals surface area (Å²) < 4.78 is 1.62. The van der Waals surface area contributed by atoms with Gasteiger partial charge in [-0.25, -0.2) is 0 Å². The minimum absolute atomic E-state index is 0.163. The lowest BCUT2D eigenvalue weighted by Gasteiger charge is -2.10. The number of benzene rings is 1. The molecule has 0 aliphatic heterocycles. The lowest BCUT2D eigenvalue weighted by atomic mass is 10.2. The van der Waals surface area contributed by atoms with Gasteiger partial charge in [-0.1, -0.05) is 17.7 Å². The average molecular weight is 214 g/mol. The molecule has 1 heterocycles. The fourth-order valence-electron chi connectivity index (χ4n) is 1.66. The van der Waals surface area contributed by atoms with Crippen LogP contribution in [-0.2, 0) is 0 Å². The molecule has 1 aromatic carbocycles. The second-order valence-electron chi connectivity index (χ2n) is 3.91. The van der Waals surface area contributed by atoms with Crippen molar-refractivity contribution in [2.45, 2.75) is 13.8 Å². The van der Waals surface area contributed by atoms with E-state index in [0.717, 1.165) is 11.4 Å². The molecule has 2 N–H and O–H groups in total. The molecule has 0 aliphatic carbocycles. The van der Waals surface area contributed by atoms with Gasteiger partial charge in [0.1, 0.15) is 0 Å². The summed E-state index contributed by atoms with van der Waals surface area (Å²) in [5.74, 6) is 0. The molecule has 0 aliphatic rings. The Morgan fingerprint density at radius 3 is 2.25 bits per heavy atom. The summed E-state index contributed by atoms with van der Waals surface area (Å²) in [6.07, 6.45) is 0. The topological polar surface area (TPSA) is 48.0 Å². The van der Waals surface area contributed by atoms with Gasteiger partial charge in [-0.05, 0) is 38.1 Å². The van der Waals surface area contributed by atoms with E-state index in [1.54, 1.807) is 10.6 Å². The number of aromatic nitrogens is 1. The number of nitrogen functional groups attached to an aromatic ring is 1. The lowest BCUT2D eigenvalue weighted by Crippen LogP contribution is -2.22. The molecule has 0 radical (unpaired) electrons. The maximum absolute atomic E-state index is 11.9. The average Bonchev–Trinajstić information content (AvgIpc) is 2.27. The number of hydrogen-bond acceptors (Lipinski definition) is 2. The second-order valence-corrected chi connectivity index (χ2v) is 3.91. The molecule has 2 rings (SSSR count). The Hall–Kier alpha value is -2.03. The summed E-state index contributed by atoms with van der Waals surface area (Å²) in [4.78, 5) is 11.9. The quantitative estimate of drug-likeness (QED) is 0.789. The molecule has 0 atom stereocenters. The summed E-state index contributed by atoms with van der Waals surface area (Å²) in [5.41, 5.74) is 8.62. The van der Waals surface area contributed by atoms with Crippen molar-refractivity contribution in [3.63, 3.8) is 0 Å². The molecule has 0 fully saturated rings. The van der Waals surface area contributed by atoms with E-state index in [1.165, 1.54) is 5.56 Å². The lowest BCUT2D eigenvalue weighted by molar-refractivity contribution is 0.938. The van der Waals surface area contributed by atoms with Gasteiger partial charge in [-0.3, -0.25) is 9.36 Å². The first kappa shape index (κ1) is 10.5. The molecule has 0 bridgehead atoms. The van der Waals surface area contributed by atoms with E-state index < -0.39 is 0 Å². The highest BCUT2D eigenvalue weighted by atomic mass is 16.1. The fourth-order valence-corrected chi connectivity index (χ4v) is 1.66. The van der Waals surface area contributed by atoms with Gasteiger partial charge in [-0.2, -0.15) is 0 Å². The predicted molar refractivity (Wildman–Crippen MR) is 65.9 cm³/mol. The largest absolute Gasteiger partial charge is 0.394 e. The van der Waals surface area contributed by atoms with Crippen LogP contribution < -0.4 is 11.3 Å². The van der Waals surface area contributed by atoms with Crippen LogP contribution in [0.2, 0.25) is 0 Å². The minimum atomic E-state index is -0.163. The van der Waals surface area contributed by atoms with Crippen molar-refractivity contribution in [2.24, 2.45) is 0 Å². The van der Waals surface area contributed by atoms with Gasteiger partial charge in [0.2, 0.25) is 0 Å². The Bertz CT molecular complexity index is 567. The molecule has 1 aromatic heterocycles. The summed E-state index contributed by atoms with van der Waals surface area (Å²) in [7, 11) is 0. The molecule has 0 saturated carbocycles. The maximum atomic E-state index is 11.9. The third-order valence-electron chi connectivity index (χ3n) is 2.60. The highest BCUT2D eigenvalue weighted by Gasteiger charge is 2.05. The van der Waals surface area contributed by atoms with Crippen LogP contribution in [0.1, 0.15) is 11.3 Å². The van der Waals surface area contributed by atoms with Crippen LogP contribution in [0.3, 0.4) is 0 Å². The molecule has 0 amide bonds. The molecular weight excluding hydrogens is 200 g/mol. The molecule has 82 valence electrons. The van der Waals surface area contributed by atoms with Crippen molar-refractivity contribution in [3.05, 3.63) is 58.0 Å². The van der Waals surface area contributed by atoms with Gasteiger partial charge in [0.15, 0.2) is 0 Å². The first-order chi connectivity index (χ1) is 7.59. The van der Waals surface area contributed by atoms with Crippen molar-refractivity contribution in [2.75, 3.05) is 5.73 Å². The Morgan fingerprint density at radius 1 is 1.00 bits per heavy atom. The summed E-state index contributed by atoms with van der Waals surface area (Å²) >= 11 is 0. The van der Waals surface area contributed by atoms with Crippen LogP contribution >= 0.6 is 0 Å². The monoisotopic (exact) mass is 214 g/mol. The molecule has 0 saturated heterocycles. The zero-order valence-electron chi connectivity index (χ0n) is 9.40. The van der Waals surface area contributed by atoms with Crippen molar-refractivity contribution >= 4 is 5.69 Å². The van der Waals surface area contributed by atoms with Crippen LogP contribution in [0.15, 0.2) is 41.2 Å². The molecule has 0 spiro atoms. The van der Waals surface area contributed by atoms with Gasteiger partial charge in [-0.15, -0.1) is 0 Å². The number of aryl methyl sites for hydroxylation is 2. The van der Waals surface area contributed by atoms with Gasteiger partial charge in [0, 0.05) is 11.4 Å². The van der Waals surface area contributed by atoms with E-state index in [1.807, 2.05) is 44.2 Å². The normalized spacial score (nSPS) is 10.4. The smallest absolute Gasteiger partial charge is 0.278 e. The second kappa shape index (κ2) is 3.85. The SMILES string of the molecule is Cc1ccc(-n2c(C)ccc(N)c2=O)cc1. The van der Waals surface area contributed by atoms with Gasteiger partial charge in [0.05, 0.1) is 5.69 Å². The van der Waals surface area contributed by atoms with Crippen molar-refractivity contribution in [3.8, 4) is 5.69 Å². The third kappa shape index (κ3) is 1.72. The molecular formula is C13H14N2O. The number of nitrogens with two attached hydrogens (primary N) is 1. The fraction of sp³-hybridized carbons (Fsp3) is 0.154. The third-order valence-corrected chi connectivity index (χ3v) is 2.60. The van der Waals surface area contributed by atoms with E-state index >= 15 is 0 Å². The molecule has 2 aromatic rings. The predicted octanol–water partition coefficient (Wildman–Crippen LogP) is 2.04. The molecule has 3 nitrogen and oxygen atoms in total. The van der Waals surface area contributed by atoms with Crippen molar-refractivity contribution < 1.29 is 0 Å². The van der Waals surface area contributed by atoms with Crippen LogP contribution in [0.5, 0.6) is 0 Å². The Morgan fingerprint density at radius 2 is 1.62 bits per heavy atom. The van der Waals surface area contributed by atoms with E-state index in [4.69, 9.17) is 5.73 Å². The summed E-state index contributed by atoms with van der Waals surface area (Å²) in [6.45, 7) is 3.90. The van der Waals surface area contributed by atoms with Crippen molar-refractivity contribution in [1.29, 1.82) is 0 Å². The van der Waals surface area contributed by atoms with Crippen LogP contribution in [0.25, 0.3) is 5.69 Å². The maximum Gasteiger partial charge on any atom is 0.278 e. The zero-order valence-corrected chi connectivity index (χ0v) is 9.40. The first-order valence-electron chi connectivity index (χ1n) is 5.15. The van der Waals surface area contributed by atoms with Crippen LogP contribution in [0.4, 0.5) is 5.69 Å². The highest BCUT2D eigenvalue weighted by Crippen LogP contribution is 2.10. The van der Waals surface area contributed by atoms with E-state index in [9.17, 15) is 4.79 Å². The van der Waals surface area contributed by atoms with Crippen molar-refractivity contribution in [1.82, 2.24) is 4.57 Å². The number of nitrogens with zero attached hydrogens (tertiary/aromatic N) is 1. The Labute approximate surface area is 94.1 Å².